The fourth-order valence-electron chi connectivity index (χ4n) is 3.24. The van der Waals surface area contributed by atoms with E-state index < -0.39 is 35.0 Å². The van der Waals surface area contributed by atoms with E-state index in [9.17, 15) is 34.5 Å². The van der Waals surface area contributed by atoms with Crippen LogP contribution < -0.4 is 0 Å². The second-order valence-electron chi connectivity index (χ2n) is 6.98. The van der Waals surface area contributed by atoms with E-state index in [-0.39, 0.29) is 23.7 Å². The lowest BCUT2D eigenvalue weighted by molar-refractivity contribution is -0.143. The molecule has 164 valence electrons. The van der Waals surface area contributed by atoms with Crippen LogP contribution in [0.1, 0.15) is 88.5 Å². The number of carbonyl (C=O) groups excluding carboxylic acids is 1. The molecule has 0 bridgehead atoms. The number of benzene rings is 1. The van der Waals surface area contributed by atoms with Crippen molar-refractivity contribution in [3.63, 3.8) is 0 Å². The molecule has 30 heavy (non-hydrogen) atoms. The highest BCUT2D eigenvalue weighted by atomic mass is 16.5. The van der Waals surface area contributed by atoms with Crippen molar-refractivity contribution < 1.29 is 39.2 Å². The summed E-state index contributed by atoms with van der Waals surface area (Å²) in [5, 5.41) is 28.0. The third-order valence-corrected chi connectivity index (χ3v) is 4.71. The van der Waals surface area contributed by atoms with Crippen LogP contribution in [0.3, 0.4) is 0 Å². The zero-order valence-corrected chi connectivity index (χ0v) is 17.1. The second kappa shape index (κ2) is 12.4. The number of aryl methyl sites for hydroxylation is 1. The molecule has 1 atom stereocenters. The topological polar surface area (TPSA) is 138 Å². The number of ether oxygens (including phenoxy) is 1. The van der Waals surface area contributed by atoms with E-state index in [0.29, 0.717) is 19.3 Å². The molecule has 0 fully saturated rings. The van der Waals surface area contributed by atoms with Crippen molar-refractivity contribution in [3.8, 4) is 0 Å². The van der Waals surface area contributed by atoms with Gasteiger partial charge in [0.25, 0.3) is 0 Å². The fourth-order valence-corrected chi connectivity index (χ4v) is 3.24. The molecule has 8 heteroatoms. The maximum atomic E-state index is 11.6. The number of rotatable bonds is 14. The van der Waals surface area contributed by atoms with E-state index in [1.807, 2.05) is 0 Å². The van der Waals surface area contributed by atoms with Gasteiger partial charge >= 0.3 is 23.9 Å². The van der Waals surface area contributed by atoms with Crippen molar-refractivity contribution in [2.24, 2.45) is 0 Å². The Balaban J connectivity index is 2.99. The third kappa shape index (κ3) is 7.69. The molecule has 0 aliphatic rings. The van der Waals surface area contributed by atoms with E-state index in [0.717, 1.165) is 37.8 Å². The van der Waals surface area contributed by atoms with Crippen molar-refractivity contribution in [1.29, 1.82) is 0 Å². The third-order valence-electron chi connectivity index (χ3n) is 4.71. The molecule has 0 aliphatic carbocycles. The van der Waals surface area contributed by atoms with Crippen LogP contribution in [0.4, 0.5) is 0 Å². The Bertz CT molecular complexity index is 797. The predicted octanol–water partition coefficient (Wildman–Crippen LogP) is 4.17. The number of unbranched alkanes of at least 4 members (excludes halogenated alkanes) is 3. The molecule has 0 saturated heterocycles. The maximum Gasteiger partial charge on any atom is 0.336 e. The van der Waals surface area contributed by atoms with Gasteiger partial charge in [-0.15, -0.1) is 0 Å². The number of carboxylic acids is 3. The molecule has 0 spiro atoms. The zero-order valence-electron chi connectivity index (χ0n) is 17.1. The van der Waals surface area contributed by atoms with E-state index in [2.05, 4.69) is 13.5 Å². The van der Waals surface area contributed by atoms with E-state index >= 15 is 0 Å². The normalized spacial score (nSPS) is 11.5. The number of hydrogen-bond acceptors (Lipinski definition) is 5. The van der Waals surface area contributed by atoms with E-state index in [1.54, 1.807) is 0 Å². The summed E-state index contributed by atoms with van der Waals surface area (Å²) in [6.45, 7) is 5.47. The first-order valence-electron chi connectivity index (χ1n) is 9.91. The zero-order chi connectivity index (χ0) is 22.7. The number of esters is 1. The monoisotopic (exact) mass is 420 g/mol. The number of carboxylic acid groups (broad SMARTS) is 3. The number of aromatic carboxylic acids is 3. The lowest BCUT2D eigenvalue weighted by Crippen LogP contribution is -2.18. The standard InChI is InChI=1S/C22H28O8/c1-3-5-6-7-10-16(30-18(23)4-2)11-8-9-14-12-15(20(24)25)13-17(21(26)27)19(14)22(28)29/h4,12-13,16H,2-3,5-11H2,1H3,(H,24,25)(H,26,27)(H,28,29). The van der Waals surface area contributed by atoms with Crippen molar-refractivity contribution in [1.82, 2.24) is 0 Å². The van der Waals surface area contributed by atoms with Crippen LogP contribution in [0.5, 0.6) is 0 Å². The average Bonchev–Trinajstić information content (AvgIpc) is 2.69. The molecule has 0 radical (unpaired) electrons. The Labute approximate surface area is 175 Å². The molecule has 1 aromatic carbocycles. The Hall–Kier alpha value is -3.16. The molecule has 0 saturated carbocycles. The predicted molar refractivity (Wildman–Crippen MR) is 109 cm³/mol. The summed E-state index contributed by atoms with van der Waals surface area (Å²) in [7, 11) is 0. The van der Waals surface area contributed by atoms with Gasteiger partial charge in [-0.2, -0.15) is 0 Å². The van der Waals surface area contributed by atoms with Gasteiger partial charge in [0.1, 0.15) is 6.10 Å². The molecule has 0 aromatic heterocycles. The van der Waals surface area contributed by atoms with Gasteiger partial charge < -0.3 is 20.1 Å². The van der Waals surface area contributed by atoms with Crippen molar-refractivity contribution in [2.75, 3.05) is 0 Å². The average molecular weight is 420 g/mol. The van der Waals surface area contributed by atoms with Gasteiger partial charge in [-0.05, 0) is 49.8 Å². The van der Waals surface area contributed by atoms with Crippen LogP contribution in [-0.2, 0) is 16.0 Å². The quantitative estimate of drug-likeness (QED) is 0.231. The van der Waals surface area contributed by atoms with Crippen LogP contribution >= 0.6 is 0 Å². The first kappa shape index (κ1) is 24.9. The molecular formula is C22H28O8. The minimum Gasteiger partial charge on any atom is -0.478 e. The molecule has 1 aromatic rings. The minimum atomic E-state index is -1.51. The van der Waals surface area contributed by atoms with Gasteiger partial charge in [-0.1, -0.05) is 32.8 Å². The number of carbonyl (C=O) groups is 4. The highest BCUT2D eigenvalue weighted by Gasteiger charge is 2.23. The Morgan fingerprint density at radius 1 is 0.967 bits per heavy atom. The Kier molecular flexibility index (Phi) is 10.3. The molecule has 8 nitrogen and oxygen atoms in total. The largest absolute Gasteiger partial charge is 0.478 e. The molecule has 1 rings (SSSR count). The highest BCUT2D eigenvalue weighted by Crippen LogP contribution is 2.22. The van der Waals surface area contributed by atoms with Crippen LogP contribution in [0, 0.1) is 0 Å². The first-order valence-corrected chi connectivity index (χ1v) is 9.91. The van der Waals surface area contributed by atoms with Gasteiger partial charge in [0.15, 0.2) is 0 Å². The maximum absolute atomic E-state index is 11.6. The minimum absolute atomic E-state index is 0.125. The Morgan fingerprint density at radius 3 is 2.17 bits per heavy atom. The van der Waals surface area contributed by atoms with Crippen LogP contribution in [0.25, 0.3) is 0 Å². The molecule has 0 aliphatic heterocycles. The van der Waals surface area contributed by atoms with Gasteiger partial charge in [-0.25, -0.2) is 19.2 Å². The van der Waals surface area contributed by atoms with Gasteiger partial charge in [0.2, 0.25) is 0 Å². The summed E-state index contributed by atoms with van der Waals surface area (Å²) in [6, 6.07) is 2.03. The smallest absolute Gasteiger partial charge is 0.336 e. The van der Waals surface area contributed by atoms with Gasteiger partial charge in [-0.3, -0.25) is 0 Å². The summed E-state index contributed by atoms with van der Waals surface area (Å²) < 4.78 is 5.36. The van der Waals surface area contributed by atoms with Gasteiger partial charge in [0, 0.05) is 6.08 Å². The summed E-state index contributed by atoms with van der Waals surface area (Å²) >= 11 is 0. The van der Waals surface area contributed by atoms with Crippen LogP contribution in [0.15, 0.2) is 24.8 Å². The highest BCUT2D eigenvalue weighted by molar-refractivity contribution is 6.05. The summed E-state index contributed by atoms with van der Waals surface area (Å²) in [5.41, 5.74) is -1.15. The summed E-state index contributed by atoms with van der Waals surface area (Å²) in [5.74, 6) is -4.83. The Morgan fingerprint density at radius 2 is 1.63 bits per heavy atom. The van der Waals surface area contributed by atoms with Crippen molar-refractivity contribution >= 4 is 23.9 Å². The summed E-state index contributed by atoms with van der Waals surface area (Å²) in [4.78, 5) is 45.9. The first-order chi connectivity index (χ1) is 14.2. The van der Waals surface area contributed by atoms with Crippen molar-refractivity contribution in [3.05, 3.63) is 47.0 Å². The number of hydrogen-bond donors (Lipinski definition) is 3. The van der Waals surface area contributed by atoms with Crippen LogP contribution in [0.2, 0.25) is 0 Å². The van der Waals surface area contributed by atoms with E-state index in [1.165, 1.54) is 6.07 Å². The lowest BCUT2D eigenvalue weighted by atomic mass is 9.93. The molecule has 0 heterocycles. The van der Waals surface area contributed by atoms with Gasteiger partial charge in [0.05, 0.1) is 16.7 Å². The second-order valence-corrected chi connectivity index (χ2v) is 6.98. The molecular weight excluding hydrogens is 392 g/mol. The lowest BCUT2D eigenvalue weighted by Gasteiger charge is -2.18. The SMILES string of the molecule is C=CC(=O)OC(CCCCCC)CCCc1cc(C(=O)O)cc(C(=O)O)c1C(=O)O. The molecule has 1 unspecified atom stereocenters. The molecule has 0 amide bonds. The van der Waals surface area contributed by atoms with E-state index in [4.69, 9.17) is 4.74 Å². The molecule has 3 N–H and O–H groups in total. The van der Waals surface area contributed by atoms with Crippen molar-refractivity contribution in [2.45, 2.75) is 64.4 Å². The summed E-state index contributed by atoms with van der Waals surface area (Å²) in [6.07, 6.45) is 6.35. The van der Waals surface area contributed by atoms with Crippen LogP contribution in [-0.4, -0.2) is 45.3 Å². The fraction of sp³-hybridized carbons (Fsp3) is 0.455.